The first-order chi connectivity index (χ1) is 12.1. The summed E-state index contributed by atoms with van der Waals surface area (Å²) in [5.41, 5.74) is 3.76. The van der Waals surface area contributed by atoms with E-state index in [1.807, 2.05) is 12.1 Å². The number of carbonyl (C=O) groups is 1. The Bertz CT molecular complexity index is 704. The van der Waals surface area contributed by atoms with Gasteiger partial charge in [-0.05, 0) is 61.2 Å². The monoisotopic (exact) mass is 357 g/mol. The van der Waals surface area contributed by atoms with Crippen molar-refractivity contribution in [3.05, 3.63) is 70.2 Å². The molecular formula is C21H24ClNO2. The second-order valence-electron chi connectivity index (χ2n) is 6.70. The lowest BCUT2D eigenvalue weighted by atomic mass is 9.91. The van der Waals surface area contributed by atoms with Crippen LogP contribution in [0.15, 0.2) is 48.5 Å². The molecule has 2 aromatic rings. The third kappa shape index (κ3) is 4.23. The number of aliphatic carboxylic acids is 1. The maximum absolute atomic E-state index is 11.2. The first-order valence-corrected chi connectivity index (χ1v) is 9.27. The lowest BCUT2D eigenvalue weighted by molar-refractivity contribution is -0.143. The number of rotatable bonds is 5. The van der Waals surface area contributed by atoms with Crippen molar-refractivity contribution in [1.29, 1.82) is 0 Å². The van der Waals surface area contributed by atoms with Crippen molar-refractivity contribution in [2.45, 2.75) is 32.2 Å². The Morgan fingerprint density at radius 3 is 2.08 bits per heavy atom. The highest BCUT2D eigenvalue weighted by molar-refractivity contribution is 6.30. The Morgan fingerprint density at radius 1 is 1.08 bits per heavy atom. The van der Waals surface area contributed by atoms with Crippen LogP contribution in [-0.2, 0) is 11.2 Å². The maximum Gasteiger partial charge on any atom is 0.306 e. The van der Waals surface area contributed by atoms with Crippen molar-refractivity contribution in [3.8, 4) is 0 Å². The molecule has 0 aromatic heterocycles. The topological polar surface area (TPSA) is 40.5 Å². The zero-order chi connectivity index (χ0) is 17.8. The van der Waals surface area contributed by atoms with Gasteiger partial charge in [-0.25, -0.2) is 0 Å². The molecule has 0 aliphatic carbocycles. The number of hydrogen-bond donors (Lipinski definition) is 1. The van der Waals surface area contributed by atoms with Crippen molar-refractivity contribution in [2.24, 2.45) is 5.92 Å². The van der Waals surface area contributed by atoms with Gasteiger partial charge in [-0.1, -0.05) is 54.9 Å². The van der Waals surface area contributed by atoms with Gasteiger partial charge in [0.05, 0.1) is 12.0 Å². The van der Waals surface area contributed by atoms with Gasteiger partial charge in [0.1, 0.15) is 0 Å². The number of nitrogens with zero attached hydrogens (tertiary/aromatic N) is 1. The number of piperidine rings is 1. The Hall–Kier alpha value is -1.84. The van der Waals surface area contributed by atoms with Crippen LogP contribution in [0.25, 0.3) is 0 Å². The van der Waals surface area contributed by atoms with Gasteiger partial charge in [-0.15, -0.1) is 0 Å². The fourth-order valence-corrected chi connectivity index (χ4v) is 3.73. The second-order valence-corrected chi connectivity index (χ2v) is 7.13. The predicted octanol–water partition coefficient (Wildman–Crippen LogP) is 4.79. The summed E-state index contributed by atoms with van der Waals surface area (Å²) in [7, 11) is 0. The Labute approximate surface area is 154 Å². The predicted molar refractivity (Wildman–Crippen MR) is 101 cm³/mol. The smallest absolute Gasteiger partial charge is 0.306 e. The third-order valence-corrected chi connectivity index (χ3v) is 5.39. The molecule has 25 heavy (non-hydrogen) atoms. The lowest BCUT2D eigenvalue weighted by Gasteiger charge is -2.37. The molecule has 1 unspecified atom stereocenters. The third-order valence-electron chi connectivity index (χ3n) is 5.13. The molecule has 132 valence electrons. The van der Waals surface area contributed by atoms with Crippen LogP contribution in [0.5, 0.6) is 0 Å². The average molecular weight is 358 g/mol. The number of aryl methyl sites for hydroxylation is 1. The summed E-state index contributed by atoms with van der Waals surface area (Å²) in [6.07, 6.45) is 2.43. The second kappa shape index (κ2) is 8.03. The van der Waals surface area contributed by atoms with E-state index in [4.69, 9.17) is 11.6 Å². The fourth-order valence-electron chi connectivity index (χ4n) is 3.60. The summed E-state index contributed by atoms with van der Waals surface area (Å²) < 4.78 is 0. The summed E-state index contributed by atoms with van der Waals surface area (Å²) in [5, 5.41) is 9.98. The SMILES string of the molecule is CCc1ccc(C(c2ccc(Cl)cc2)N2CCC(C(=O)O)CC2)cc1. The van der Waals surface area contributed by atoms with Crippen molar-refractivity contribution in [2.75, 3.05) is 13.1 Å². The maximum atomic E-state index is 11.2. The van der Waals surface area contributed by atoms with E-state index in [2.05, 4.69) is 48.2 Å². The van der Waals surface area contributed by atoms with E-state index in [0.29, 0.717) is 12.8 Å². The van der Waals surface area contributed by atoms with Crippen molar-refractivity contribution in [3.63, 3.8) is 0 Å². The molecule has 0 amide bonds. The normalized spacial score (nSPS) is 17.4. The minimum atomic E-state index is -0.671. The number of halogens is 1. The Kier molecular flexibility index (Phi) is 5.77. The van der Waals surface area contributed by atoms with Gasteiger partial charge in [-0.3, -0.25) is 9.69 Å². The molecule has 0 bridgehead atoms. The van der Waals surface area contributed by atoms with E-state index in [1.165, 1.54) is 16.7 Å². The largest absolute Gasteiger partial charge is 0.481 e. The molecule has 1 aliphatic rings. The fraction of sp³-hybridized carbons (Fsp3) is 0.381. The molecule has 1 atom stereocenters. The molecule has 0 radical (unpaired) electrons. The van der Waals surface area contributed by atoms with Crippen molar-refractivity contribution < 1.29 is 9.90 Å². The van der Waals surface area contributed by atoms with Gasteiger partial charge in [0.2, 0.25) is 0 Å². The highest BCUT2D eigenvalue weighted by Gasteiger charge is 2.30. The molecule has 4 heteroatoms. The zero-order valence-electron chi connectivity index (χ0n) is 14.5. The Morgan fingerprint density at radius 2 is 1.60 bits per heavy atom. The van der Waals surface area contributed by atoms with Crippen LogP contribution < -0.4 is 0 Å². The van der Waals surface area contributed by atoms with Crippen LogP contribution >= 0.6 is 11.6 Å². The minimum Gasteiger partial charge on any atom is -0.481 e. The van der Waals surface area contributed by atoms with E-state index < -0.39 is 5.97 Å². The van der Waals surface area contributed by atoms with Gasteiger partial charge in [0.15, 0.2) is 0 Å². The number of hydrogen-bond acceptors (Lipinski definition) is 2. The van der Waals surface area contributed by atoms with Crippen LogP contribution in [0.4, 0.5) is 0 Å². The van der Waals surface area contributed by atoms with Gasteiger partial charge in [0, 0.05) is 5.02 Å². The van der Waals surface area contributed by atoms with Crippen LogP contribution in [0, 0.1) is 5.92 Å². The summed E-state index contributed by atoms with van der Waals surface area (Å²) in [5.74, 6) is -0.889. The van der Waals surface area contributed by atoms with Crippen LogP contribution in [-0.4, -0.2) is 29.1 Å². The van der Waals surface area contributed by atoms with Crippen molar-refractivity contribution in [1.82, 2.24) is 4.90 Å². The quantitative estimate of drug-likeness (QED) is 0.836. The first kappa shape index (κ1) is 18.0. The molecule has 1 fully saturated rings. The van der Waals surface area contributed by atoms with Crippen LogP contribution in [0.2, 0.25) is 5.02 Å². The van der Waals surface area contributed by atoms with E-state index in [9.17, 15) is 9.90 Å². The first-order valence-electron chi connectivity index (χ1n) is 8.89. The van der Waals surface area contributed by atoms with E-state index in [1.54, 1.807) is 0 Å². The van der Waals surface area contributed by atoms with Gasteiger partial charge >= 0.3 is 5.97 Å². The highest BCUT2D eigenvalue weighted by atomic mass is 35.5. The minimum absolute atomic E-state index is 0.137. The summed E-state index contributed by atoms with van der Waals surface area (Å²) in [6, 6.07) is 16.9. The van der Waals surface area contributed by atoms with Crippen LogP contribution in [0.1, 0.15) is 42.5 Å². The van der Waals surface area contributed by atoms with E-state index in [0.717, 1.165) is 24.5 Å². The van der Waals surface area contributed by atoms with Crippen molar-refractivity contribution >= 4 is 17.6 Å². The number of carboxylic acid groups (broad SMARTS) is 1. The molecule has 0 spiro atoms. The number of likely N-dealkylation sites (tertiary alicyclic amines) is 1. The molecule has 3 rings (SSSR count). The van der Waals surface area contributed by atoms with E-state index in [-0.39, 0.29) is 12.0 Å². The van der Waals surface area contributed by atoms with Gasteiger partial charge < -0.3 is 5.11 Å². The number of carboxylic acids is 1. The molecule has 3 nitrogen and oxygen atoms in total. The lowest BCUT2D eigenvalue weighted by Crippen LogP contribution is -2.39. The molecule has 1 N–H and O–H groups in total. The highest BCUT2D eigenvalue weighted by Crippen LogP contribution is 2.33. The molecule has 1 heterocycles. The standard InChI is InChI=1S/C21H24ClNO2/c1-2-15-3-5-16(6-4-15)20(17-7-9-19(22)10-8-17)23-13-11-18(12-14-23)21(24)25/h3-10,18,20H,2,11-14H2,1H3,(H,24,25). The Balaban J connectivity index is 1.89. The van der Waals surface area contributed by atoms with Crippen LogP contribution in [0.3, 0.4) is 0 Å². The molecule has 1 saturated heterocycles. The number of benzene rings is 2. The van der Waals surface area contributed by atoms with E-state index >= 15 is 0 Å². The zero-order valence-corrected chi connectivity index (χ0v) is 15.2. The van der Waals surface area contributed by atoms with Gasteiger partial charge in [0.25, 0.3) is 0 Å². The molecule has 0 saturated carbocycles. The molecule has 2 aromatic carbocycles. The summed E-state index contributed by atoms with van der Waals surface area (Å²) >= 11 is 6.06. The average Bonchev–Trinajstić information content (AvgIpc) is 2.64. The summed E-state index contributed by atoms with van der Waals surface area (Å²) in [6.45, 7) is 3.74. The summed E-state index contributed by atoms with van der Waals surface area (Å²) in [4.78, 5) is 13.6. The molecule has 1 aliphatic heterocycles. The van der Waals surface area contributed by atoms with Gasteiger partial charge in [-0.2, -0.15) is 0 Å². The molecular weight excluding hydrogens is 334 g/mol.